The summed E-state index contributed by atoms with van der Waals surface area (Å²) in [7, 11) is 0. The molecule has 2 bridgehead atoms. The second-order valence-corrected chi connectivity index (χ2v) is 5.74. The maximum Gasteiger partial charge on any atom is 0.214 e. The molecule has 106 valence electrons. The lowest BCUT2D eigenvalue weighted by molar-refractivity contribution is -0.137. The monoisotopic (exact) mass is 293 g/mol. The average Bonchev–Trinajstić information content (AvgIpc) is 2.39. The van der Waals surface area contributed by atoms with Gasteiger partial charge in [-0.2, -0.15) is 0 Å². The van der Waals surface area contributed by atoms with Crippen molar-refractivity contribution in [1.82, 2.24) is 0 Å². The summed E-state index contributed by atoms with van der Waals surface area (Å²) in [6.07, 6.45) is 0.758. The van der Waals surface area contributed by atoms with E-state index in [-0.39, 0.29) is 11.7 Å². The number of ketones is 1. The number of fused-ring (bicyclic) bond motifs is 2. The van der Waals surface area contributed by atoms with Crippen LogP contribution in [-0.4, -0.2) is 29.0 Å². The molecule has 0 amide bonds. The molecule has 0 spiro atoms. The first-order valence-corrected chi connectivity index (χ1v) is 7.16. The van der Waals surface area contributed by atoms with Crippen molar-refractivity contribution in [2.75, 3.05) is 0 Å². The number of carbonyl (C=O) groups excluding carboxylic acids is 1. The van der Waals surface area contributed by atoms with E-state index in [2.05, 4.69) is 4.99 Å². The van der Waals surface area contributed by atoms with Gasteiger partial charge in [-0.05, 0) is 32.3 Å². The van der Waals surface area contributed by atoms with Crippen molar-refractivity contribution in [3.05, 3.63) is 34.9 Å². The fourth-order valence-corrected chi connectivity index (χ4v) is 3.26. The van der Waals surface area contributed by atoms with Gasteiger partial charge in [-0.15, -0.1) is 0 Å². The molecule has 1 aliphatic carbocycles. The number of halogens is 1. The topological polar surface area (TPSA) is 58.9 Å². The third kappa shape index (κ3) is 1.95. The molecule has 3 atom stereocenters. The van der Waals surface area contributed by atoms with E-state index in [9.17, 15) is 9.90 Å². The van der Waals surface area contributed by atoms with Crippen molar-refractivity contribution >= 4 is 23.3 Å². The van der Waals surface area contributed by atoms with Crippen LogP contribution in [0.15, 0.2) is 29.3 Å². The Morgan fingerprint density at radius 2 is 2.25 bits per heavy atom. The molecule has 0 aromatic heterocycles. The van der Waals surface area contributed by atoms with Crippen LogP contribution in [0.4, 0.5) is 0 Å². The van der Waals surface area contributed by atoms with Gasteiger partial charge in [0.05, 0.1) is 0 Å². The summed E-state index contributed by atoms with van der Waals surface area (Å²) in [5.41, 5.74) is -0.288. The number of hydrogen-bond acceptors (Lipinski definition) is 4. The van der Waals surface area contributed by atoms with Gasteiger partial charge >= 0.3 is 0 Å². The molecule has 3 rings (SSSR count). The van der Waals surface area contributed by atoms with Gasteiger partial charge in [0.2, 0.25) is 11.7 Å². The van der Waals surface area contributed by atoms with E-state index < -0.39 is 17.7 Å². The highest BCUT2D eigenvalue weighted by Gasteiger charge is 2.52. The fraction of sp³-hybridized carbons (Fsp3) is 0.467. The number of benzene rings is 1. The molecule has 1 aromatic carbocycles. The van der Waals surface area contributed by atoms with E-state index in [1.165, 1.54) is 0 Å². The number of carbonyl (C=O) groups is 1. The van der Waals surface area contributed by atoms with Crippen LogP contribution in [0.5, 0.6) is 0 Å². The maximum atomic E-state index is 12.7. The highest BCUT2D eigenvalue weighted by atomic mass is 35.5. The number of hydrogen-bond donors (Lipinski definition) is 1. The summed E-state index contributed by atoms with van der Waals surface area (Å²) < 4.78 is 5.52. The molecule has 20 heavy (non-hydrogen) atoms. The van der Waals surface area contributed by atoms with Crippen molar-refractivity contribution < 1.29 is 14.6 Å². The van der Waals surface area contributed by atoms with Crippen molar-refractivity contribution in [1.29, 1.82) is 0 Å². The smallest absolute Gasteiger partial charge is 0.214 e. The number of Topliss-reactive ketones (excluding diaryl/α,β-unsaturated/α-hetero) is 1. The number of ether oxygens (including phenoxy) is 1. The summed E-state index contributed by atoms with van der Waals surface area (Å²) in [5.74, 6) is 0.176. The lowest BCUT2D eigenvalue weighted by Crippen LogP contribution is -2.52. The van der Waals surface area contributed by atoms with E-state index >= 15 is 0 Å². The van der Waals surface area contributed by atoms with E-state index in [1.54, 1.807) is 13.0 Å². The number of aliphatic imine (C=N–C) groups is 1. The second-order valence-electron chi connectivity index (χ2n) is 5.33. The minimum atomic E-state index is -0.994. The highest BCUT2D eigenvalue weighted by molar-refractivity contribution is 6.32. The first-order chi connectivity index (χ1) is 9.54. The molecular formula is C15H16ClNO3. The van der Waals surface area contributed by atoms with E-state index in [0.29, 0.717) is 23.4 Å². The third-order valence-electron chi connectivity index (χ3n) is 3.95. The zero-order chi connectivity index (χ0) is 14.3. The van der Waals surface area contributed by atoms with Crippen LogP contribution >= 0.6 is 11.6 Å². The lowest BCUT2D eigenvalue weighted by atomic mass is 9.74. The highest BCUT2D eigenvalue weighted by Crippen LogP contribution is 2.44. The van der Waals surface area contributed by atoms with Gasteiger partial charge in [0.1, 0.15) is 6.10 Å². The fourth-order valence-electron chi connectivity index (χ4n) is 2.96. The summed E-state index contributed by atoms with van der Waals surface area (Å²) in [4.78, 5) is 17.1. The van der Waals surface area contributed by atoms with Gasteiger partial charge in [-0.3, -0.25) is 4.79 Å². The Hall–Kier alpha value is -1.39. The molecule has 1 heterocycles. The predicted molar refractivity (Wildman–Crippen MR) is 76.0 cm³/mol. The zero-order valence-corrected chi connectivity index (χ0v) is 11.9. The van der Waals surface area contributed by atoms with Crippen LogP contribution in [0.1, 0.15) is 31.7 Å². The standard InChI is InChI=1S/C15H16ClNO3/c1-9(18)14-17-15(10-5-2-3-6-11(10)16)8-4-7-12(20-14)13(15)19/h2-3,5-6,9,12,18H,4,7-8H2,1H3/t9?,12-,15-/m1/s1. The average molecular weight is 294 g/mol. The van der Waals surface area contributed by atoms with Gasteiger partial charge < -0.3 is 9.84 Å². The summed E-state index contributed by atoms with van der Waals surface area (Å²) >= 11 is 6.27. The molecule has 2 aliphatic rings. The zero-order valence-electron chi connectivity index (χ0n) is 11.2. The Balaban J connectivity index is 2.19. The van der Waals surface area contributed by atoms with E-state index in [4.69, 9.17) is 16.3 Å². The van der Waals surface area contributed by atoms with E-state index in [1.807, 2.05) is 18.2 Å². The maximum absolute atomic E-state index is 12.7. The molecule has 0 radical (unpaired) electrons. The van der Waals surface area contributed by atoms with Gasteiger partial charge in [-0.25, -0.2) is 4.99 Å². The Morgan fingerprint density at radius 3 is 2.95 bits per heavy atom. The number of nitrogens with zero attached hydrogens (tertiary/aromatic N) is 1. The van der Waals surface area contributed by atoms with Crippen LogP contribution in [0.3, 0.4) is 0 Å². The summed E-state index contributed by atoms with van der Waals surface area (Å²) in [5, 5.41) is 10.3. The molecule has 1 N–H and O–H groups in total. The van der Waals surface area contributed by atoms with Gasteiger partial charge in [0.15, 0.2) is 11.6 Å². The first-order valence-electron chi connectivity index (χ1n) is 6.78. The molecule has 1 fully saturated rings. The van der Waals surface area contributed by atoms with E-state index in [0.717, 1.165) is 6.42 Å². The lowest BCUT2D eigenvalue weighted by Gasteiger charge is -2.41. The Morgan fingerprint density at radius 1 is 1.50 bits per heavy atom. The van der Waals surface area contributed by atoms with Crippen molar-refractivity contribution in [3.8, 4) is 0 Å². The van der Waals surface area contributed by atoms with Gasteiger partial charge in [0.25, 0.3) is 0 Å². The minimum Gasteiger partial charge on any atom is -0.468 e. The predicted octanol–water partition coefficient (Wildman–Crippen LogP) is 2.47. The molecule has 1 unspecified atom stereocenters. The number of aliphatic hydroxyl groups excluding tert-OH is 1. The van der Waals surface area contributed by atoms with Crippen LogP contribution < -0.4 is 0 Å². The van der Waals surface area contributed by atoms with Crippen molar-refractivity contribution in [3.63, 3.8) is 0 Å². The van der Waals surface area contributed by atoms with Gasteiger partial charge in [-0.1, -0.05) is 29.8 Å². The van der Waals surface area contributed by atoms with Crippen LogP contribution in [0.25, 0.3) is 0 Å². The Kier molecular flexibility index (Phi) is 3.30. The molecule has 1 aliphatic heterocycles. The van der Waals surface area contributed by atoms with Crippen molar-refractivity contribution in [2.24, 2.45) is 4.99 Å². The van der Waals surface area contributed by atoms with Gasteiger partial charge in [0, 0.05) is 10.6 Å². The second kappa shape index (κ2) is 4.86. The summed E-state index contributed by atoms with van der Waals surface area (Å²) in [6.45, 7) is 1.59. The minimum absolute atomic E-state index is 0.0544. The molecular weight excluding hydrogens is 278 g/mol. The quantitative estimate of drug-likeness (QED) is 0.911. The Labute approximate surface area is 122 Å². The van der Waals surface area contributed by atoms with Crippen LogP contribution in [0, 0.1) is 0 Å². The number of aliphatic hydroxyl groups is 1. The third-order valence-corrected chi connectivity index (χ3v) is 4.28. The largest absolute Gasteiger partial charge is 0.468 e. The molecule has 1 saturated carbocycles. The molecule has 1 aromatic rings. The summed E-state index contributed by atoms with van der Waals surface area (Å²) in [6, 6.07) is 7.26. The van der Waals surface area contributed by atoms with Crippen LogP contribution in [0.2, 0.25) is 5.02 Å². The Bertz CT molecular complexity index is 584. The van der Waals surface area contributed by atoms with Crippen LogP contribution in [-0.2, 0) is 15.1 Å². The normalized spacial score (nSPS) is 30.4. The van der Waals surface area contributed by atoms with Crippen molar-refractivity contribution in [2.45, 2.75) is 43.9 Å². The SMILES string of the molecule is CC(O)C1=N[C@@]2(c3ccccc3Cl)CCC[C@@H](O1)C2=O. The first kappa shape index (κ1) is 13.6. The number of rotatable bonds is 2. The molecule has 5 heteroatoms. The molecule has 4 nitrogen and oxygen atoms in total. The molecule has 0 saturated heterocycles.